The van der Waals surface area contributed by atoms with Crippen molar-refractivity contribution in [3.63, 3.8) is 0 Å². The number of benzene rings is 1. The molecule has 21 heavy (non-hydrogen) atoms. The van der Waals surface area contributed by atoms with Gasteiger partial charge >= 0.3 is 0 Å². The van der Waals surface area contributed by atoms with Gasteiger partial charge in [0.05, 0.1) is 23.9 Å². The van der Waals surface area contributed by atoms with Gasteiger partial charge in [-0.1, -0.05) is 36.7 Å². The monoisotopic (exact) mass is 304 g/mol. The van der Waals surface area contributed by atoms with Crippen molar-refractivity contribution in [3.05, 3.63) is 58.9 Å². The van der Waals surface area contributed by atoms with Crippen LogP contribution in [0.25, 0.3) is 0 Å². The molecule has 0 aliphatic carbocycles. The molecule has 0 bridgehead atoms. The maximum absolute atomic E-state index is 5.93. The number of hydrogen-bond acceptors (Lipinski definition) is 3. The van der Waals surface area contributed by atoms with Crippen LogP contribution in [0.5, 0.6) is 5.75 Å². The van der Waals surface area contributed by atoms with Crippen LogP contribution in [-0.4, -0.2) is 18.6 Å². The zero-order chi connectivity index (χ0) is 15.1. The highest BCUT2D eigenvalue weighted by molar-refractivity contribution is 6.30. The summed E-state index contributed by atoms with van der Waals surface area (Å²) in [6.07, 6.45) is 3.61. The lowest BCUT2D eigenvalue weighted by atomic mass is 10.0. The molecule has 0 fully saturated rings. The van der Waals surface area contributed by atoms with Crippen LogP contribution in [-0.2, 0) is 6.42 Å². The molecule has 3 nitrogen and oxygen atoms in total. The van der Waals surface area contributed by atoms with Crippen LogP contribution < -0.4 is 10.1 Å². The predicted molar refractivity (Wildman–Crippen MR) is 87.0 cm³/mol. The van der Waals surface area contributed by atoms with Crippen molar-refractivity contribution in [1.29, 1.82) is 0 Å². The lowest BCUT2D eigenvalue weighted by Gasteiger charge is -2.19. The first kappa shape index (κ1) is 15.8. The van der Waals surface area contributed by atoms with E-state index in [1.54, 1.807) is 13.3 Å². The van der Waals surface area contributed by atoms with E-state index in [1.807, 2.05) is 30.3 Å². The molecule has 0 amide bonds. The van der Waals surface area contributed by atoms with E-state index in [1.165, 1.54) is 5.56 Å². The van der Waals surface area contributed by atoms with Crippen molar-refractivity contribution in [2.75, 3.05) is 13.7 Å². The largest absolute Gasteiger partial charge is 0.496 e. The van der Waals surface area contributed by atoms with Gasteiger partial charge in [0.2, 0.25) is 0 Å². The normalized spacial score (nSPS) is 12.1. The Bertz CT molecular complexity index is 557. The number of ether oxygens (including phenoxy) is 1. The first-order valence-electron chi connectivity index (χ1n) is 7.21. The summed E-state index contributed by atoms with van der Waals surface area (Å²) in [6, 6.07) is 12.1. The van der Waals surface area contributed by atoms with Crippen LogP contribution in [0, 0.1) is 0 Å². The summed E-state index contributed by atoms with van der Waals surface area (Å²) >= 11 is 5.93. The van der Waals surface area contributed by atoms with Gasteiger partial charge in [0.1, 0.15) is 5.75 Å². The SMILES string of the molecule is CCCNC(Cc1ccccc1OC)c1ccc(Cl)cn1. The van der Waals surface area contributed by atoms with Crippen LogP contribution in [0.15, 0.2) is 42.6 Å². The minimum Gasteiger partial charge on any atom is -0.496 e. The number of nitrogens with zero attached hydrogens (tertiary/aromatic N) is 1. The third kappa shape index (κ3) is 4.45. The van der Waals surface area contributed by atoms with Gasteiger partial charge in [0.25, 0.3) is 0 Å². The Balaban J connectivity index is 2.21. The molecule has 0 spiro atoms. The highest BCUT2D eigenvalue weighted by atomic mass is 35.5. The third-order valence-electron chi connectivity index (χ3n) is 3.36. The molecule has 0 saturated carbocycles. The van der Waals surface area contributed by atoms with Crippen molar-refractivity contribution < 1.29 is 4.74 Å². The molecule has 1 aromatic carbocycles. The van der Waals surface area contributed by atoms with Crippen molar-refractivity contribution in [2.45, 2.75) is 25.8 Å². The van der Waals surface area contributed by atoms with Gasteiger partial charge < -0.3 is 10.1 Å². The van der Waals surface area contributed by atoms with Crippen LogP contribution in [0.1, 0.15) is 30.6 Å². The summed E-state index contributed by atoms with van der Waals surface area (Å²) in [7, 11) is 1.70. The van der Waals surface area contributed by atoms with E-state index < -0.39 is 0 Å². The van der Waals surface area contributed by atoms with Gasteiger partial charge in [0, 0.05) is 6.20 Å². The van der Waals surface area contributed by atoms with Gasteiger partial charge in [-0.3, -0.25) is 4.98 Å². The zero-order valence-corrected chi connectivity index (χ0v) is 13.2. The van der Waals surface area contributed by atoms with E-state index >= 15 is 0 Å². The molecule has 4 heteroatoms. The Morgan fingerprint density at radius 2 is 2.05 bits per heavy atom. The van der Waals surface area contributed by atoms with E-state index in [2.05, 4.69) is 23.3 Å². The number of methoxy groups -OCH3 is 1. The van der Waals surface area contributed by atoms with E-state index in [4.69, 9.17) is 16.3 Å². The average molecular weight is 305 g/mol. The lowest BCUT2D eigenvalue weighted by molar-refractivity contribution is 0.404. The van der Waals surface area contributed by atoms with Crippen molar-refractivity contribution in [1.82, 2.24) is 10.3 Å². The lowest BCUT2D eigenvalue weighted by Crippen LogP contribution is -2.25. The predicted octanol–water partition coefficient (Wildman–Crippen LogP) is 4.03. The highest BCUT2D eigenvalue weighted by Crippen LogP contribution is 2.24. The van der Waals surface area contributed by atoms with E-state index in [0.717, 1.165) is 30.8 Å². The van der Waals surface area contributed by atoms with E-state index in [9.17, 15) is 0 Å². The Hall–Kier alpha value is -1.58. The van der Waals surface area contributed by atoms with Gasteiger partial charge in [0.15, 0.2) is 0 Å². The molecule has 1 unspecified atom stereocenters. The third-order valence-corrected chi connectivity index (χ3v) is 3.59. The van der Waals surface area contributed by atoms with Crippen LogP contribution in [0.2, 0.25) is 5.02 Å². The topological polar surface area (TPSA) is 34.1 Å². The van der Waals surface area contributed by atoms with Gasteiger partial charge in [-0.25, -0.2) is 0 Å². The molecule has 112 valence electrons. The van der Waals surface area contributed by atoms with E-state index in [-0.39, 0.29) is 6.04 Å². The smallest absolute Gasteiger partial charge is 0.122 e. The molecule has 1 N–H and O–H groups in total. The summed E-state index contributed by atoms with van der Waals surface area (Å²) in [5.74, 6) is 0.912. The van der Waals surface area contributed by atoms with E-state index in [0.29, 0.717) is 5.02 Å². The number of rotatable bonds is 7. The Kier molecular flexibility index (Phi) is 6.03. The Labute approximate surface area is 131 Å². The first-order chi connectivity index (χ1) is 10.2. The fourth-order valence-corrected chi connectivity index (χ4v) is 2.40. The van der Waals surface area contributed by atoms with Gasteiger partial charge in [-0.2, -0.15) is 0 Å². The molecule has 2 rings (SSSR count). The fourth-order valence-electron chi connectivity index (χ4n) is 2.28. The molecule has 1 aromatic heterocycles. The summed E-state index contributed by atoms with van der Waals surface area (Å²) < 4.78 is 5.44. The minimum absolute atomic E-state index is 0.151. The second kappa shape index (κ2) is 8.01. The number of aromatic nitrogens is 1. The number of pyridine rings is 1. The van der Waals surface area contributed by atoms with Crippen molar-refractivity contribution in [2.24, 2.45) is 0 Å². The zero-order valence-electron chi connectivity index (χ0n) is 12.5. The molecule has 2 aromatic rings. The summed E-state index contributed by atoms with van der Waals surface area (Å²) in [6.45, 7) is 3.10. The second-order valence-corrected chi connectivity index (χ2v) is 5.36. The Morgan fingerprint density at radius 3 is 2.71 bits per heavy atom. The second-order valence-electron chi connectivity index (χ2n) is 4.92. The minimum atomic E-state index is 0.151. The molecule has 0 aliphatic heterocycles. The molecule has 1 atom stereocenters. The first-order valence-corrected chi connectivity index (χ1v) is 7.59. The summed E-state index contributed by atoms with van der Waals surface area (Å²) in [4.78, 5) is 4.45. The average Bonchev–Trinajstić information content (AvgIpc) is 2.52. The summed E-state index contributed by atoms with van der Waals surface area (Å²) in [5.41, 5.74) is 2.17. The van der Waals surface area contributed by atoms with Crippen LogP contribution >= 0.6 is 11.6 Å². The fraction of sp³-hybridized carbons (Fsp3) is 0.353. The van der Waals surface area contributed by atoms with Crippen molar-refractivity contribution >= 4 is 11.6 Å². The number of hydrogen-bond donors (Lipinski definition) is 1. The highest BCUT2D eigenvalue weighted by Gasteiger charge is 2.15. The number of para-hydroxylation sites is 1. The van der Waals surface area contributed by atoms with Crippen LogP contribution in [0.3, 0.4) is 0 Å². The maximum atomic E-state index is 5.93. The molecule has 0 aliphatic rings. The molecule has 0 saturated heterocycles. The molecule has 0 radical (unpaired) electrons. The Morgan fingerprint density at radius 1 is 1.24 bits per heavy atom. The standard InChI is InChI=1S/C17H21ClN2O/c1-3-10-19-16(15-9-8-14(18)12-20-15)11-13-6-4-5-7-17(13)21-2/h4-9,12,16,19H,3,10-11H2,1-2H3. The van der Waals surface area contributed by atoms with Crippen LogP contribution in [0.4, 0.5) is 0 Å². The molecular weight excluding hydrogens is 284 g/mol. The molecule has 1 heterocycles. The number of halogens is 1. The van der Waals surface area contributed by atoms with Gasteiger partial charge in [-0.15, -0.1) is 0 Å². The summed E-state index contributed by atoms with van der Waals surface area (Å²) in [5, 5.41) is 4.20. The quantitative estimate of drug-likeness (QED) is 0.838. The van der Waals surface area contributed by atoms with Gasteiger partial charge in [-0.05, 0) is 43.1 Å². The maximum Gasteiger partial charge on any atom is 0.122 e. The molecular formula is C17H21ClN2O. The van der Waals surface area contributed by atoms with Crippen molar-refractivity contribution in [3.8, 4) is 5.75 Å². The number of nitrogens with one attached hydrogen (secondary N) is 1.